The average molecular weight is 230 g/mol. The number of aliphatic imine (C=N–C) groups is 1. The molecule has 0 aliphatic carbocycles. The van der Waals surface area contributed by atoms with Crippen molar-refractivity contribution in [2.75, 3.05) is 11.9 Å². The molecular formula is C15H22N2. The SMILES string of the molecule is C=Nc1cc2c(cc1C)N(C)C(C)(C)CC2C. The lowest BCUT2D eigenvalue weighted by atomic mass is 9.80. The first kappa shape index (κ1) is 12.2. The Kier molecular flexibility index (Phi) is 2.76. The fourth-order valence-corrected chi connectivity index (χ4v) is 2.88. The van der Waals surface area contributed by atoms with Gasteiger partial charge in [-0.15, -0.1) is 0 Å². The van der Waals surface area contributed by atoms with Crippen LogP contribution in [-0.2, 0) is 0 Å². The van der Waals surface area contributed by atoms with Gasteiger partial charge in [0.1, 0.15) is 0 Å². The zero-order valence-corrected chi connectivity index (χ0v) is 11.5. The van der Waals surface area contributed by atoms with Gasteiger partial charge >= 0.3 is 0 Å². The number of benzene rings is 1. The van der Waals surface area contributed by atoms with Crippen molar-refractivity contribution in [3.8, 4) is 0 Å². The van der Waals surface area contributed by atoms with Crippen LogP contribution in [-0.4, -0.2) is 19.3 Å². The van der Waals surface area contributed by atoms with Crippen LogP contribution in [0.15, 0.2) is 17.1 Å². The van der Waals surface area contributed by atoms with Crippen LogP contribution in [0.2, 0.25) is 0 Å². The van der Waals surface area contributed by atoms with E-state index in [9.17, 15) is 0 Å². The molecule has 2 rings (SSSR count). The number of hydrogen-bond donors (Lipinski definition) is 0. The largest absolute Gasteiger partial charge is 0.369 e. The minimum absolute atomic E-state index is 0.224. The van der Waals surface area contributed by atoms with Crippen LogP contribution in [0.25, 0.3) is 0 Å². The van der Waals surface area contributed by atoms with Crippen LogP contribution in [0, 0.1) is 6.92 Å². The fraction of sp³-hybridized carbons (Fsp3) is 0.533. The average Bonchev–Trinajstić information content (AvgIpc) is 2.25. The molecular weight excluding hydrogens is 208 g/mol. The standard InChI is InChI=1S/C15H22N2/c1-10-7-14-12(8-13(10)16-5)11(2)9-15(3,4)17(14)6/h7-8,11H,5,9H2,1-4,6H3. The number of fused-ring (bicyclic) bond motifs is 1. The Balaban J connectivity index is 2.61. The van der Waals surface area contributed by atoms with Gasteiger partial charge in [0.2, 0.25) is 0 Å². The van der Waals surface area contributed by atoms with Gasteiger partial charge in [0.15, 0.2) is 0 Å². The summed E-state index contributed by atoms with van der Waals surface area (Å²) in [7, 11) is 2.19. The molecule has 1 aliphatic heterocycles. The Bertz CT molecular complexity index is 460. The molecule has 0 radical (unpaired) electrons. The Hall–Kier alpha value is -1.31. The van der Waals surface area contributed by atoms with Crippen molar-refractivity contribution in [1.29, 1.82) is 0 Å². The van der Waals surface area contributed by atoms with Gasteiger partial charge in [-0.25, -0.2) is 0 Å². The predicted molar refractivity (Wildman–Crippen MR) is 75.9 cm³/mol. The van der Waals surface area contributed by atoms with E-state index in [4.69, 9.17) is 0 Å². The first-order chi connectivity index (χ1) is 7.86. The predicted octanol–water partition coefficient (Wildman–Crippen LogP) is 4.05. The van der Waals surface area contributed by atoms with E-state index < -0.39 is 0 Å². The lowest BCUT2D eigenvalue weighted by molar-refractivity contribution is 0.395. The summed E-state index contributed by atoms with van der Waals surface area (Å²) in [6.45, 7) is 12.7. The van der Waals surface area contributed by atoms with Gasteiger partial charge in [-0.2, -0.15) is 0 Å². The van der Waals surface area contributed by atoms with Crippen molar-refractivity contribution in [1.82, 2.24) is 0 Å². The summed E-state index contributed by atoms with van der Waals surface area (Å²) in [5, 5.41) is 0. The van der Waals surface area contributed by atoms with Crippen molar-refractivity contribution in [2.45, 2.75) is 45.6 Å². The Morgan fingerprint density at radius 3 is 2.65 bits per heavy atom. The van der Waals surface area contributed by atoms with Crippen molar-refractivity contribution in [3.05, 3.63) is 23.3 Å². The van der Waals surface area contributed by atoms with Crippen LogP contribution in [0.3, 0.4) is 0 Å². The maximum atomic E-state index is 4.11. The first-order valence-electron chi connectivity index (χ1n) is 6.22. The van der Waals surface area contributed by atoms with E-state index in [1.807, 2.05) is 0 Å². The van der Waals surface area contributed by atoms with E-state index in [0.29, 0.717) is 5.92 Å². The molecule has 0 fully saturated rings. The molecule has 1 unspecified atom stereocenters. The van der Waals surface area contributed by atoms with E-state index in [0.717, 1.165) is 5.69 Å². The second-order valence-electron chi connectivity index (χ2n) is 5.83. The van der Waals surface area contributed by atoms with Gasteiger partial charge in [0.25, 0.3) is 0 Å². The van der Waals surface area contributed by atoms with E-state index >= 15 is 0 Å². The Labute approximate surface area is 104 Å². The molecule has 1 atom stereocenters. The summed E-state index contributed by atoms with van der Waals surface area (Å²) in [5.41, 5.74) is 5.19. The summed E-state index contributed by atoms with van der Waals surface area (Å²) in [5.74, 6) is 0.581. The van der Waals surface area contributed by atoms with Gasteiger partial charge in [0.05, 0.1) is 5.69 Å². The highest BCUT2D eigenvalue weighted by molar-refractivity contribution is 5.67. The normalized spacial score (nSPS) is 22.2. The molecule has 0 aromatic heterocycles. The quantitative estimate of drug-likeness (QED) is 0.665. The minimum atomic E-state index is 0.224. The van der Waals surface area contributed by atoms with Crippen molar-refractivity contribution in [2.24, 2.45) is 4.99 Å². The van der Waals surface area contributed by atoms with Crippen LogP contribution in [0.1, 0.15) is 44.2 Å². The van der Waals surface area contributed by atoms with E-state index in [1.54, 1.807) is 0 Å². The molecule has 92 valence electrons. The van der Waals surface area contributed by atoms with Crippen LogP contribution in [0.5, 0.6) is 0 Å². The monoisotopic (exact) mass is 230 g/mol. The first-order valence-corrected chi connectivity index (χ1v) is 6.22. The molecule has 0 amide bonds. The highest BCUT2D eigenvalue weighted by atomic mass is 15.2. The molecule has 0 spiro atoms. The summed E-state index contributed by atoms with van der Waals surface area (Å²) in [6, 6.07) is 4.45. The molecule has 2 nitrogen and oxygen atoms in total. The van der Waals surface area contributed by atoms with Gasteiger partial charge in [-0.3, -0.25) is 4.99 Å². The second kappa shape index (κ2) is 3.86. The van der Waals surface area contributed by atoms with Gasteiger partial charge in [-0.1, -0.05) is 6.92 Å². The fourth-order valence-electron chi connectivity index (χ4n) is 2.88. The topological polar surface area (TPSA) is 15.6 Å². The molecule has 0 N–H and O–H groups in total. The van der Waals surface area contributed by atoms with Crippen molar-refractivity contribution >= 4 is 18.1 Å². The highest BCUT2D eigenvalue weighted by Crippen LogP contribution is 2.44. The molecule has 0 bridgehead atoms. The molecule has 2 heteroatoms. The molecule has 1 heterocycles. The third kappa shape index (κ3) is 1.86. The molecule has 1 aliphatic rings. The number of nitrogens with zero attached hydrogens (tertiary/aromatic N) is 2. The van der Waals surface area contributed by atoms with Crippen LogP contribution in [0.4, 0.5) is 11.4 Å². The van der Waals surface area contributed by atoms with Crippen LogP contribution < -0.4 is 4.90 Å². The van der Waals surface area contributed by atoms with Crippen molar-refractivity contribution in [3.63, 3.8) is 0 Å². The van der Waals surface area contributed by atoms with Gasteiger partial charge in [-0.05, 0) is 63.1 Å². The number of hydrogen-bond acceptors (Lipinski definition) is 2. The Morgan fingerprint density at radius 1 is 1.41 bits per heavy atom. The molecule has 1 aromatic rings. The summed E-state index contributed by atoms with van der Waals surface area (Å²) in [4.78, 5) is 6.50. The smallest absolute Gasteiger partial charge is 0.0655 e. The van der Waals surface area contributed by atoms with Gasteiger partial charge < -0.3 is 4.90 Å². The van der Waals surface area contributed by atoms with E-state index in [2.05, 4.69) is 63.5 Å². The molecule has 1 aromatic carbocycles. The van der Waals surface area contributed by atoms with Gasteiger partial charge in [0, 0.05) is 18.3 Å². The zero-order chi connectivity index (χ0) is 12.8. The number of rotatable bonds is 1. The maximum absolute atomic E-state index is 4.11. The summed E-state index contributed by atoms with van der Waals surface area (Å²) in [6.07, 6.45) is 1.18. The summed E-state index contributed by atoms with van der Waals surface area (Å²) >= 11 is 0. The van der Waals surface area contributed by atoms with E-state index in [1.165, 1.54) is 23.2 Å². The number of anilines is 1. The van der Waals surface area contributed by atoms with E-state index in [-0.39, 0.29) is 5.54 Å². The molecule has 17 heavy (non-hydrogen) atoms. The van der Waals surface area contributed by atoms with Crippen LogP contribution >= 0.6 is 0 Å². The third-order valence-electron chi connectivity index (χ3n) is 4.12. The Morgan fingerprint density at radius 2 is 2.06 bits per heavy atom. The number of aryl methyl sites for hydroxylation is 1. The lowest BCUT2D eigenvalue weighted by Gasteiger charge is -2.45. The zero-order valence-electron chi connectivity index (χ0n) is 11.5. The minimum Gasteiger partial charge on any atom is -0.369 e. The second-order valence-corrected chi connectivity index (χ2v) is 5.83. The molecule has 0 saturated heterocycles. The van der Waals surface area contributed by atoms with Crippen molar-refractivity contribution < 1.29 is 0 Å². The highest BCUT2D eigenvalue weighted by Gasteiger charge is 2.34. The molecule has 0 saturated carbocycles. The maximum Gasteiger partial charge on any atom is 0.0655 e. The third-order valence-corrected chi connectivity index (χ3v) is 4.12. The lowest BCUT2D eigenvalue weighted by Crippen LogP contribution is -2.45. The summed E-state index contributed by atoms with van der Waals surface area (Å²) < 4.78 is 0.